The Morgan fingerprint density at radius 3 is 2.88 bits per heavy atom. The molecule has 1 aliphatic heterocycles. The number of rotatable bonds is 3. The van der Waals surface area contributed by atoms with E-state index in [4.69, 9.17) is 5.11 Å². The third-order valence-electron chi connectivity index (χ3n) is 3.13. The Balaban J connectivity index is 2.12. The number of piperazine rings is 1. The Morgan fingerprint density at radius 2 is 2.18 bits per heavy atom. The molecule has 2 N–H and O–H groups in total. The Morgan fingerprint density at radius 1 is 1.41 bits per heavy atom. The number of nitrogens with one attached hydrogen (secondary N) is 1. The van der Waals surface area contributed by atoms with E-state index in [1.54, 1.807) is 6.07 Å². The lowest BCUT2D eigenvalue weighted by molar-refractivity contribution is 0.250. The molecule has 1 aromatic carbocycles. The maximum Gasteiger partial charge on any atom is 0.146 e. The van der Waals surface area contributed by atoms with Crippen molar-refractivity contribution in [2.24, 2.45) is 0 Å². The van der Waals surface area contributed by atoms with Crippen molar-refractivity contribution < 1.29 is 9.50 Å². The highest BCUT2D eigenvalue weighted by atomic mass is 19.1. The predicted molar refractivity (Wildman–Crippen MR) is 66.7 cm³/mol. The van der Waals surface area contributed by atoms with Gasteiger partial charge in [-0.3, -0.25) is 0 Å². The third-order valence-corrected chi connectivity index (χ3v) is 3.13. The van der Waals surface area contributed by atoms with Gasteiger partial charge in [-0.25, -0.2) is 4.39 Å². The Labute approximate surface area is 101 Å². The monoisotopic (exact) mass is 238 g/mol. The van der Waals surface area contributed by atoms with Gasteiger partial charge in [0.25, 0.3) is 0 Å². The van der Waals surface area contributed by atoms with Gasteiger partial charge in [0.05, 0.1) is 5.69 Å². The van der Waals surface area contributed by atoms with Gasteiger partial charge in [0, 0.05) is 31.8 Å². The van der Waals surface area contributed by atoms with E-state index in [2.05, 4.69) is 17.1 Å². The number of hydrogen-bond donors (Lipinski definition) is 2. The Hall–Kier alpha value is -1.13. The van der Waals surface area contributed by atoms with Crippen LogP contribution in [0.5, 0.6) is 0 Å². The van der Waals surface area contributed by atoms with Crippen molar-refractivity contribution in [2.75, 3.05) is 24.6 Å². The van der Waals surface area contributed by atoms with E-state index in [1.165, 1.54) is 6.07 Å². The molecule has 2 rings (SSSR count). The summed E-state index contributed by atoms with van der Waals surface area (Å²) in [5.41, 5.74) is 0.656. The fourth-order valence-corrected chi connectivity index (χ4v) is 2.41. The summed E-state index contributed by atoms with van der Waals surface area (Å²) in [6.07, 6.45) is 0.704. The smallest absolute Gasteiger partial charge is 0.146 e. The van der Waals surface area contributed by atoms with Crippen molar-refractivity contribution >= 4 is 5.69 Å². The second-order valence-electron chi connectivity index (χ2n) is 4.63. The zero-order valence-electron chi connectivity index (χ0n) is 10.1. The van der Waals surface area contributed by atoms with Gasteiger partial charge in [-0.15, -0.1) is 0 Å². The normalized spacial score (nSPS) is 25.0. The minimum Gasteiger partial charge on any atom is -0.396 e. The topological polar surface area (TPSA) is 35.5 Å². The fraction of sp³-hybridized carbons (Fsp3) is 0.538. The molecule has 2 atom stereocenters. The average molecular weight is 238 g/mol. The van der Waals surface area contributed by atoms with E-state index in [0.717, 1.165) is 13.1 Å². The maximum atomic E-state index is 13.7. The van der Waals surface area contributed by atoms with Gasteiger partial charge in [-0.05, 0) is 25.5 Å². The molecule has 94 valence electrons. The highest BCUT2D eigenvalue weighted by Crippen LogP contribution is 2.21. The molecule has 3 nitrogen and oxygen atoms in total. The molecule has 0 aliphatic carbocycles. The predicted octanol–water partition coefficient (Wildman–Crippen LogP) is 1.37. The number of anilines is 1. The lowest BCUT2D eigenvalue weighted by Gasteiger charge is -2.39. The number of aliphatic hydroxyl groups excluding tert-OH is 1. The van der Waals surface area contributed by atoms with E-state index in [-0.39, 0.29) is 18.5 Å². The summed E-state index contributed by atoms with van der Waals surface area (Å²) in [5.74, 6) is -0.177. The molecule has 17 heavy (non-hydrogen) atoms. The fourth-order valence-electron chi connectivity index (χ4n) is 2.41. The van der Waals surface area contributed by atoms with Gasteiger partial charge in [-0.1, -0.05) is 12.1 Å². The van der Waals surface area contributed by atoms with Crippen molar-refractivity contribution in [1.82, 2.24) is 5.32 Å². The first-order valence-electron chi connectivity index (χ1n) is 6.07. The van der Waals surface area contributed by atoms with Crippen molar-refractivity contribution in [3.8, 4) is 0 Å². The number of para-hydroxylation sites is 1. The van der Waals surface area contributed by atoms with Crippen LogP contribution in [0.15, 0.2) is 24.3 Å². The van der Waals surface area contributed by atoms with Crippen molar-refractivity contribution in [3.05, 3.63) is 30.1 Å². The van der Waals surface area contributed by atoms with Crippen molar-refractivity contribution in [1.29, 1.82) is 0 Å². The van der Waals surface area contributed by atoms with E-state index in [9.17, 15) is 4.39 Å². The average Bonchev–Trinajstić information content (AvgIpc) is 2.29. The van der Waals surface area contributed by atoms with Crippen LogP contribution in [0.25, 0.3) is 0 Å². The SMILES string of the molecule is CC1CN(c2ccccc2F)CC(CCO)N1. The molecule has 1 aromatic rings. The number of nitrogens with zero attached hydrogens (tertiary/aromatic N) is 1. The summed E-state index contributed by atoms with van der Waals surface area (Å²) >= 11 is 0. The van der Waals surface area contributed by atoms with Crippen LogP contribution < -0.4 is 10.2 Å². The molecule has 0 radical (unpaired) electrons. The molecule has 2 unspecified atom stereocenters. The highest BCUT2D eigenvalue weighted by Gasteiger charge is 2.24. The highest BCUT2D eigenvalue weighted by molar-refractivity contribution is 5.48. The number of benzene rings is 1. The number of aliphatic hydroxyl groups is 1. The molecule has 1 heterocycles. The molecule has 1 saturated heterocycles. The first kappa shape index (κ1) is 12.3. The van der Waals surface area contributed by atoms with Gasteiger partial charge in [0.1, 0.15) is 5.82 Å². The summed E-state index contributed by atoms with van der Waals surface area (Å²) in [6.45, 7) is 3.78. The van der Waals surface area contributed by atoms with Crippen LogP contribution in [0.3, 0.4) is 0 Å². The van der Waals surface area contributed by atoms with Crippen LogP contribution in [-0.4, -0.2) is 36.9 Å². The van der Waals surface area contributed by atoms with Gasteiger partial charge in [0.15, 0.2) is 0 Å². The second-order valence-corrected chi connectivity index (χ2v) is 4.63. The minimum absolute atomic E-state index is 0.162. The zero-order valence-corrected chi connectivity index (χ0v) is 10.1. The first-order valence-corrected chi connectivity index (χ1v) is 6.07. The first-order chi connectivity index (χ1) is 8.20. The Bertz CT molecular complexity index is 372. The van der Waals surface area contributed by atoms with Crippen LogP contribution >= 0.6 is 0 Å². The molecular weight excluding hydrogens is 219 g/mol. The number of hydrogen-bond acceptors (Lipinski definition) is 3. The van der Waals surface area contributed by atoms with E-state index in [0.29, 0.717) is 18.2 Å². The molecule has 1 aliphatic rings. The molecule has 1 fully saturated rings. The second kappa shape index (κ2) is 5.47. The minimum atomic E-state index is -0.177. The van der Waals surface area contributed by atoms with Crippen molar-refractivity contribution in [3.63, 3.8) is 0 Å². The van der Waals surface area contributed by atoms with Gasteiger partial charge >= 0.3 is 0 Å². The lowest BCUT2D eigenvalue weighted by Crippen LogP contribution is -2.56. The van der Waals surface area contributed by atoms with E-state index < -0.39 is 0 Å². The van der Waals surface area contributed by atoms with Crippen LogP contribution in [0.1, 0.15) is 13.3 Å². The van der Waals surface area contributed by atoms with Gasteiger partial charge < -0.3 is 15.3 Å². The van der Waals surface area contributed by atoms with Crippen LogP contribution in [0.2, 0.25) is 0 Å². The van der Waals surface area contributed by atoms with Gasteiger partial charge in [0.2, 0.25) is 0 Å². The maximum absolute atomic E-state index is 13.7. The standard InChI is InChI=1S/C13H19FN2O/c1-10-8-16(9-11(15-10)6-7-17)13-5-3-2-4-12(13)14/h2-5,10-11,15,17H,6-9H2,1H3. The largest absolute Gasteiger partial charge is 0.396 e. The lowest BCUT2D eigenvalue weighted by atomic mass is 10.1. The third kappa shape index (κ3) is 2.96. The van der Waals surface area contributed by atoms with E-state index >= 15 is 0 Å². The molecule has 0 amide bonds. The molecule has 0 saturated carbocycles. The molecule has 0 spiro atoms. The van der Waals surface area contributed by atoms with Crippen LogP contribution in [-0.2, 0) is 0 Å². The molecule has 0 aromatic heterocycles. The summed E-state index contributed by atoms with van der Waals surface area (Å²) in [6, 6.07) is 7.39. The summed E-state index contributed by atoms with van der Waals surface area (Å²) in [7, 11) is 0. The molecule has 0 bridgehead atoms. The van der Waals surface area contributed by atoms with Crippen LogP contribution in [0, 0.1) is 5.82 Å². The molecule has 4 heteroatoms. The summed E-state index contributed by atoms with van der Waals surface area (Å²) in [5, 5.41) is 12.4. The zero-order chi connectivity index (χ0) is 12.3. The summed E-state index contributed by atoms with van der Waals surface area (Å²) in [4.78, 5) is 2.05. The van der Waals surface area contributed by atoms with Crippen LogP contribution in [0.4, 0.5) is 10.1 Å². The molecular formula is C13H19FN2O. The quantitative estimate of drug-likeness (QED) is 0.835. The van der Waals surface area contributed by atoms with Crippen molar-refractivity contribution in [2.45, 2.75) is 25.4 Å². The summed E-state index contributed by atoms with van der Waals surface area (Å²) < 4.78 is 13.7. The Kier molecular flexibility index (Phi) is 3.97. The van der Waals surface area contributed by atoms with Gasteiger partial charge in [-0.2, -0.15) is 0 Å². The van der Waals surface area contributed by atoms with E-state index in [1.807, 2.05) is 12.1 Å². The number of halogens is 1.